The number of hydrogen-bond donors (Lipinski definition) is 1. The lowest BCUT2D eigenvalue weighted by Crippen LogP contribution is -2.25. The predicted molar refractivity (Wildman–Crippen MR) is 36.6 cm³/mol. The SMILES string of the molecule is CN(CCO)CCOC=O. The molecule has 0 fully saturated rings. The third-order valence-corrected chi connectivity index (χ3v) is 1.14. The maximum absolute atomic E-state index is 9.65. The summed E-state index contributed by atoms with van der Waals surface area (Å²) in [5.74, 6) is 0. The summed E-state index contributed by atoms with van der Waals surface area (Å²) in [5, 5.41) is 8.44. The maximum atomic E-state index is 9.65. The summed E-state index contributed by atoms with van der Waals surface area (Å²) in [6, 6.07) is 0. The van der Waals surface area contributed by atoms with Crippen molar-refractivity contribution in [2.45, 2.75) is 0 Å². The summed E-state index contributed by atoms with van der Waals surface area (Å²) in [4.78, 5) is 11.5. The number of aliphatic hydroxyl groups is 1. The van der Waals surface area contributed by atoms with Gasteiger partial charge >= 0.3 is 0 Å². The number of ether oxygens (including phenoxy) is 1. The standard InChI is InChI=1S/C6H13NO3/c1-7(2-4-8)3-5-10-6-9/h6,8H,2-5H2,1H3. The molecule has 0 aliphatic heterocycles. The van der Waals surface area contributed by atoms with Gasteiger partial charge in [-0.2, -0.15) is 0 Å². The Morgan fingerprint density at radius 1 is 1.60 bits per heavy atom. The van der Waals surface area contributed by atoms with Crippen molar-refractivity contribution in [2.75, 3.05) is 33.4 Å². The van der Waals surface area contributed by atoms with E-state index in [0.29, 0.717) is 26.2 Å². The van der Waals surface area contributed by atoms with E-state index in [1.165, 1.54) is 0 Å². The molecule has 0 bridgehead atoms. The van der Waals surface area contributed by atoms with Gasteiger partial charge in [0, 0.05) is 13.1 Å². The molecule has 0 saturated heterocycles. The molecule has 0 amide bonds. The summed E-state index contributed by atoms with van der Waals surface area (Å²) in [7, 11) is 1.85. The van der Waals surface area contributed by atoms with Crippen molar-refractivity contribution < 1.29 is 14.6 Å². The fraction of sp³-hybridized carbons (Fsp3) is 0.833. The minimum Gasteiger partial charge on any atom is -0.467 e. The molecule has 4 nitrogen and oxygen atoms in total. The van der Waals surface area contributed by atoms with Gasteiger partial charge in [0.1, 0.15) is 6.61 Å². The highest BCUT2D eigenvalue weighted by Gasteiger charge is 1.94. The van der Waals surface area contributed by atoms with Crippen molar-refractivity contribution in [1.29, 1.82) is 0 Å². The first-order valence-corrected chi connectivity index (χ1v) is 3.16. The molecule has 0 aromatic heterocycles. The van der Waals surface area contributed by atoms with Crippen LogP contribution in [0.4, 0.5) is 0 Å². The van der Waals surface area contributed by atoms with E-state index in [4.69, 9.17) is 5.11 Å². The molecule has 0 heterocycles. The van der Waals surface area contributed by atoms with E-state index >= 15 is 0 Å². The van der Waals surface area contributed by atoms with E-state index < -0.39 is 0 Å². The topological polar surface area (TPSA) is 49.8 Å². The van der Waals surface area contributed by atoms with Gasteiger partial charge in [0.05, 0.1) is 6.61 Å². The van der Waals surface area contributed by atoms with Crippen molar-refractivity contribution in [3.8, 4) is 0 Å². The van der Waals surface area contributed by atoms with Crippen LogP contribution in [0.15, 0.2) is 0 Å². The van der Waals surface area contributed by atoms with Gasteiger partial charge in [-0.1, -0.05) is 0 Å². The fourth-order valence-electron chi connectivity index (χ4n) is 0.539. The summed E-state index contributed by atoms with van der Waals surface area (Å²) in [6.07, 6.45) is 0. The lowest BCUT2D eigenvalue weighted by Gasteiger charge is -2.12. The average molecular weight is 147 g/mol. The van der Waals surface area contributed by atoms with E-state index in [9.17, 15) is 4.79 Å². The largest absolute Gasteiger partial charge is 0.467 e. The molecule has 0 aromatic rings. The Bertz CT molecular complexity index is 87.1. The minimum atomic E-state index is 0.136. The number of hydrogen-bond acceptors (Lipinski definition) is 4. The first kappa shape index (κ1) is 9.39. The van der Waals surface area contributed by atoms with Gasteiger partial charge in [-0.15, -0.1) is 0 Å². The first-order chi connectivity index (χ1) is 4.81. The van der Waals surface area contributed by atoms with Crippen molar-refractivity contribution in [1.82, 2.24) is 4.90 Å². The van der Waals surface area contributed by atoms with Crippen molar-refractivity contribution in [3.05, 3.63) is 0 Å². The van der Waals surface area contributed by atoms with Gasteiger partial charge in [-0.05, 0) is 7.05 Å². The van der Waals surface area contributed by atoms with E-state index in [1.54, 1.807) is 0 Å². The fourth-order valence-corrected chi connectivity index (χ4v) is 0.539. The Kier molecular flexibility index (Phi) is 6.11. The Hall–Kier alpha value is -0.610. The molecular weight excluding hydrogens is 134 g/mol. The quantitative estimate of drug-likeness (QED) is 0.390. The average Bonchev–Trinajstić information content (AvgIpc) is 1.89. The molecule has 4 heteroatoms. The highest BCUT2D eigenvalue weighted by atomic mass is 16.5. The third kappa shape index (κ3) is 5.53. The van der Waals surface area contributed by atoms with Gasteiger partial charge in [0.25, 0.3) is 6.47 Å². The van der Waals surface area contributed by atoms with Crippen LogP contribution in [0.25, 0.3) is 0 Å². The monoisotopic (exact) mass is 147 g/mol. The molecule has 0 radical (unpaired) electrons. The van der Waals surface area contributed by atoms with Crippen LogP contribution >= 0.6 is 0 Å². The third-order valence-electron chi connectivity index (χ3n) is 1.14. The van der Waals surface area contributed by atoms with E-state index in [1.807, 2.05) is 11.9 Å². The molecule has 0 atom stereocenters. The molecule has 0 aliphatic rings. The zero-order valence-electron chi connectivity index (χ0n) is 6.12. The van der Waals surface area contributed by atoms with Crippen LogP contribution in [0, 0.1) is 0 Å². The molecule has 10 heavy (non-hydrogen) atoms. The number of likely N-dealkylation sites (N-methyl/N-ethyl adjacent to an activating group) is 1. The highest BCUT2D eigenvalue weighted by Crippen LogP contribution is 1.79. The second-order valence-electron chi connectivity index (χ2n) is 1.99. The lowest BCUT2D eigenvalue weighted by atomic mass is 10.5. The summed E-state index contributed by atoms with van der Waals surface area (Å²) in [6.45, 7) is 2.23. The first-order valence-electron chi connectivity index (χ1n) is 3.16. The Balaban J connectivity index is 3.04. The smallest absolute Gasteiger partial charge is 0.293 e. The van der Waals surface area contributed by atoms with Gasteiger partial charge in [-0.3, -0.25) is 4.79 Å². The van der Waals surface area contributed by atoms with Crippen molar-refractivity contribution in [3.63, 3.8) is 0 Å². The zero-order valence-corrected chi connectivity index (χ0v) is 6.12. The number of carbonyl (C=O) groups is 1. The number of aliphatic hydroxyl groups excluding tert-OH is 1. The van der Waals surface area contributed by atoms with Crippen LogP contribution in [-0.4, -0.2) is 49.8 Å². The predicted octanol–water partition coefficient (Wildman–Crippen LogP) is -0.917. The van der Waals surface area contributed by atoms with Crippen molar-refractivity contribution in [2.24, 2.45) is 0 Å². The Morgan fingerprint density at radius 3 is 2.80 bits per heavy atom. The maximum Gasteiger partial charge on any atom is 0.293 e. The second-order valence-corrected chi connectivity index (χ2v) is 1.99. The van der Waals surface area contributed by atoms with Crippen molar-refractivity contribution >= 4 is 6.47 Å². The minimum absolute atomic E-state index is 0.136. The molecule has 0 rings (SSSR count). The molecule has 0 spiro atoms. The normalized spacial score (nSPS) is 9.90. The van der Waals surface area contributed by atoms with Crippen LogP contribution in [-0.2, 0) is 9.53 Å². The second kappa shape index (κ2) is 6.51. The Labute approximate surface area is 60.4 Å². The highest BCUT2D eigenvalue weighted by molar-refractivity contribution is 5.36. The number of rotatable bonds is 6. The summed E-state index contributed by atoms with van der Waals surface area (Å²) in [5.41, 5.74) is 0. The van der Waals surface area contributed by atoms with Crippen LogP contribution in [0.5, 0.6) is 0 Å². The summed E-state index contributed by atoms with van der Waals surface area (Å²) < 4.78 is 4.45. The van der Waals surface area contributed by atoms with E-state index in [2.05, 4.69) is 4.74 Å². The van der Waals surface area contributed by atoms with Gasteiger partial charge in [0.15, 0.2) is 0 Å². The zero-order chi connectivity index (χ0) is 7.82. The molecule has 1 N–H and O–H groups in total. The summed E-state index contributed by atoms with van der Waals surface area (Å²) >= 11 is 0. The molecule has 60 valence electrons. The lowest BCUT2D eigenvalue weighted by molar-refractivity contribution is -0.129. The number of nitrogens with zero attached hydrogens (tertiary/aromatic N) is 1. The molecule has 0 aromatic carbocycles. The van der Waals surface area contributed by atoms with Gasteiger partial charge < -0.3 is 14.7 Å². The number of carbonyl (C=O) groups excluding carboxylic acids is 1. The molecular formula is C6H13NO3. The molecule has 0 unspecified atom stereocenters. The van der Waals surface area contributed by atoms with Crippen LogP contribution in [0.1, 0.15) is 0 Å². The molecule has 0 saturated carbocycles. The van der Waals surface area contributed by atoms with Crippen LogP contribution < -0.4 is 0 Å². The van der Waals surface area contributed by atoms with E-state index in [-0.39, 0.29) is 6.61 Å². The van der Waals surface area contributed by atoms with E-state index in [0.717, 1.165) is 0 Å². The van der Waals surface area contributed by atoms with Gasteiger partial charge in [-0.25, -0.2) is 0 Å². The molecule has 0 aliphatic carbocycles. The van der Waals surface area contributed by atoms with Gasteiger partial charge in [0.2, 0.25) is 0 Å². The van der Waals surface area contributed by atoms with Crippen LogP contribution in [0.2, 0.25) is 0 Å². The Morgan fingerprint density at radius 2 is 2.30 bits per heavy atom. The van der Waals surface area contributed by atoms with Crippen LogP contribution in [0.3, 0.4) is 0 Å².